The number of nitriles is 1. The number of hydrogen-bond acceptors (Lipinski definition) is 3. The third kappa shape index (κ3) is 4.21. The summed E-state index contributed by atoms with van der Waals surface area (Å²) in [4.78, 5) is 12.5. The van der Waals surface area contributed by atoms with Gasteiger partial charge in [0.2, 0.25) is 5.91 Å². The topological polar surface area (TPSA) is 62.1 Å². The van der Waals surface area contributed by atoms with E-state index in [2.05, 4.69) is 11.4 Å². The van der Waals surface area contributed by atoms with Crippen LogP contribution in [-0.2, 0) is 9.53 Å². The minimum Gasteiger partial charge on any atom is -0.378 e. The van der Waals surface area contributed by atoms with E-state index in [-0.39, 0.29) is 18.1 Å². The second-order valence-corrected chi connectivity index (χ2v) is 5.57. The molecule has 1 amide bonds. The first-order valence-corrected chi connectivity index (χ1v) is 7.41. The maximum Gasteiger partial charge on any atom is 0.240 e. The lowest BCUT2D eigenvalue weighted by Gasteiger charge is -2.32. The summed E-state index contributed by atoms with van der Waals surface area (Å²) in [6.07, 6.45) is 4.86. The number of ether oxygens (including phenoxy) is 1. The summed E-state index contributed by atoms with van der Waals surface area (Å²) in [5.41, 5.74) is -0.842. The molecule has 0 bridgehead atoms. The van der Waals surface area contributed by atoms with E-state index in [1.165, 1.54) is 0 Å². The van der Waals surface area contributed by atoms with E-state index in [1.54, 1.807) is 0 Å². The zero-order valence-electron chi connectivity index (χ0n) is 12.4. The minimum absolute atomic E-state index is 0.0854. The summed E-state index contributed by atoms with van der Waals surface area (Å²) >= 11 is 0. The predicted molar refractivity (Wildman–Crippen MR) is 74.4 cm³/mol. The van der Waals surface area contributed by atoms with Crippen molar-refractivity contribution in [1.82, 2.24) is 5.32 Å². The molecule has 1 heterocycles. The number of carbonyl (C=O) groups is 1. The van der Waals surface area contributed by atoms with Gasteiger partial charge in [0.15, 0.2) is 0 Å². The lowest BCUT2D eigenvalue weighted by molar-refractivity contribution is -0.130. The van der Waals surface area contributed by atoms with Crippen molar-refractivity contribution in [2.45, 2.75) is 71.4 Å². The highest BCUT2D eigenvalue weighted by molar-refractivity contribution is 5.85. The van der Waals surface area contributed by atoms with Crippen molar-refractivity contribution in [2.24, 2.45) is 5.41 Å². The first-order chi connectivity index (χ1) is 9.07. The van der Waals surface area contributed by atoms with Crippen LogP contribution in [-0.4, -0.2) is 24.7 Å². The molecular formula is C15H26N2O2. The summed E-state index contributed by atoms with van der Waals surface area (Å²) in [5.74, 6) is -0.0854. The molecule has 0 aromatic heterocycles. The Morgan fingerprint density at radius 3 is 2.53 bits per heavy atom. The summed E-state index contributed by atoms with van der Waals surface area (Å²) < 4.78 is 5.48. The monoisotopic (exact) mass is 266 g/mol. The molecule has 0 spiro atoms. The Labute approximate surface area is 116 Å². The number of hydrogen-bond donors (Lipinski definition) is 1. The molecule has 19 heavy (non-hydrogen) atoms. The van der Waals surface area contributed by atoms with Crippen molar-refractivity contribution in [1.29, 1.82) is 5.26 Å². The van der Waals surface area contributed by atoms with Gasteiger partial charge in [0.1, 0.15) is 5.41 Å². The summed E-state index contributed by atoms with van der Waals surface area (Å²) in [6.45, 7) is 6.75. The smallest absolute Gasteiger partial charge is 0.240 e. The lowest BCUT2D eigenvalue weighted by Crippen LogP contribution is -2.48. The highest BCUT2D eigenvalue weighted by atomic mass is 16.5. The largest absolute Gasteiger partial charge is 0.378 e. The normalized spacial score (nSPS) is 23.7. The van der Waals surface area contributed by atoms with Crippen LogP contribution in [0.3, 0.4) is 0 Å². The van der Waals surface area contributed by atoms with Crippen LogP contribution >= 0.6 is 0 Å². The van der Waals surface area contributed by atoms with E-state index < -0.39 is 5.41 Å². The van der Waals surface area contributed by atoms with Crippen LogP contribution < -0.4 is 5.32 Å². The van der Waals surface area contributed by atoms with Gasteiger partial charge in [-0.2, -0.15) is 5.26 Å². The predicted octanol–water partition coefficient (Wildman–Crippen LogP) is 2.78. The molecule has 4 heteroatoms. The fraction of sp³-hybridized carbons (Fsp3) is 0.867. The minimum atomic E-state index is -0.842. The van der Waals surface area contributed by atoms with E-state index in [9.17, 15) is 10.1 Å². The van der Waals surface area contributed by atoms with Crippen molar-refractivity contribution >= 4 is 5.91 Å². The van der Waals surface area contributed by atoms with Gasteiger partial charge in [-0.05, 0) is 32.6 Å². The first-order valence-electron chi connectivity index (χ1n) is 7.41. The molecule has 0 aromatic rings. The van der Waals surface area contributed by atoms with Crippen LogP contribution in [0.15, 0.2) is 0 Å². The molecule has 1 aliphatic heterocycles. The third-order valence-electron chi connectivity index (χ3n) is 3.82. The van der Waals surface area contributed by atoms with Crippen molar-refractivity contribution in [3.8, 4) is 6.07 Å². The molecule has 1 saturated heterocycles. The van der Waals surface area contributed by atoms with Crippen LogP contribution in [0, 0.1) is 16.7 Å². The molecular weight excluding hydrogens is 240 g/mol. The Kier molecular flexibility index (Phi) is 6.30. The van der Waals surface area contributed by atoms with Gasteiger partial charge in [-0.1, -0.05) is 26.7 Å². The summed E-state index contributed by atoms with van der Waals surface area (Å²) in [6, 6.07) is 2.43. The molecule has 1 fully saturated rings. The van der Waals surface area contributed by atoms with Crippen LogP contribution in [0.5, 0.6) is 0 Å². The fourth-order valence-electron chi connectivity index (χ4n) is 2.82. The maximum atomic E-state index is 12.5. The maximum absolute atomic E-state index is 12.5. The molecule has 2 atom stereocenters. The van der Waals surface area contributed by atoms with Gasteiger partial charge < -0.3 is 10.1 Å². The highest BCUT2D eigenvalue weighted by Gasteiger charge is 2.38. The van der Waals surface area contributed by atoms with Gasteiger partial charge in [-0.15, -0.1) is 0 Å². The van der Waals surface area contributed by atoms with Crippen molar-refractivity contribution in [2.75, 3.05) is 6.61 Å². The number of rotatable bonds is 6. The average molecular weight is 266 g/mol. The molecule has 1 rings (SSSR count). The average Bonchev–Trinajstić information content (AvgIpc) is 2.38. The molecule has 0 radical (unpaired) electrons. The molecule has 4 nitrogen and oxygen atoms in total. The van der Waals surface area contributed by atoms with Crippen molar-refractivity contribution in [3.63, 3.8) is 0 Å². The Morgan fingerprint density at radius 2 is 2.05 bits per heavy atom. The number of nitrogens with one attached hydrogen (secondary N) is 1. The SMILES string of the molecule is CCCC(C#N)(CCC)C(=O)NC1CCOC(C)C1. The molecule has 0 saturated carbocycles. The van der Waals surface area contributed by atoms with E-state index in [1.807, 2.05) is 20.8 Å². The van der Waals surface area contributed by atoms with Gasteiger partial charge >= 0.3 is 0 Å². The fourth-order valence-corrected chi connectivity index (χ4v) is 2.82. The first kappa shape index (κ1) is 16.0. The highest BCUT2D eigenvalue weighted by Crippen LogP contribution is 2.30. The van der Waals surface area contributed by atoms with E-state index in [0.717, 1.165) is 25.7 Å². The number of nitrogens with zero attached hydrogens (tertiary/aromatic N) is 1. The van der Waals surface area contributed by atoms with Gasteiger partial charge in [0, 0.05) is 12.6 Å². The summed E-state index contributed by atoms with van der Waals surface area (Å²) in [5, 5.41) is 12.5. The van der Waals surface area contributed by atoms with Gasteiger partial charge in [-0.3, -0.25) is 4.79 Å². The summed E-state index contributed by atoms with van der Waals surface area (Å²) in [7, 11) is 0. The van der Waals surface area contributed by atoms with Crippen molar-refractivity contribution in [3.05, 3.63) is 0 Å². The molecule has 1 aliphatic rings. The van der Waals surface area contributed by atoms with Crippen LogP contribution in [0.25, 0.3) is 0 Å². The van der Waals surface area contributed by atoms with Crippen LogP contribution in [0.1, 0.15) is 59.3 Å². The Hall–Kier alpha value is -1.08. The Morgan fingerprint density at radius 1 is 1.42 bits per heavy atom. The quantitative estimate of drug-likeness (QED) is 0.804. The van der Waals surface area contributed by atoms with Crippen LogP contribution in [0.2, 0.25) is 0 Å². The number of carbonyl (C=O) groups excluding carboxylic acids is 1. The molecule has 2 unspecified atom stereocenters. The van der Waals surface area contributed by atoms with Crippen molar-refractivity contribution < 1.29 is 9.53 Å². The molecule has 108 valence electrons. The van der Waals surface area contributed by atoms with Gasteiger partial charge in [0.05, 0.1) is 12.2 Å². The van der Waals surface area contributed by atoms with E-state index in [0.29, 0.717) is 19.4 Å². The zero-order chi connectivity index (χ0) is 14.3. The van der Waals surface area contributed by atoms with Crippen LogP contribution in [0.4, 0.5) is 0 Å². The Bertz CT molecular complexity index is 330. The standard InChI is InChI=1S/C15H26N2O2/c1-4-7-15(11-16,8-5-2)14(18)17-13-6-9-19-12(3)10-13/h12-13H,4-10H2,1-3H3,(H,17,18). The van der Waals surface area contributed by atoms with E-state index in [4.69, 9.17) is 4.74 Å². The lowest BCUT2D eigenvalue weighted by atomic mass is 9.79. The third-order valence-corrected chi connectivity index (χ3v) is 3.82. The van der Waals surface area contributed by atoms with E-state index >= 15 is 0 Å². The second kappa shape index (κ2) is 7.49. The van der Waals surface area contributed by atoms with Gasteiger partial charge in [-0.25, -0.2) is 0 Å². The zero-order valence-corrected chi connectivity index (χ0v) is 12.4. The molecule has 1 N–H and O–H groups in total. The molecule has 0 aliphatic carbocycles. The second-order valence-electron chi connectivity index (χ2n) is 5.57. The Balaban J connectivity index is 2.68. The van der Waals surface area contributed by atoms with Gasteiger partial charge in [0.25, 0.3) is 0 Å². The number of amides is 1. The molecule has 0 aromatic carbocycles.